The normalized spacial score (nSPS) is 10.1. The summed E-state index contributed by atoms with van der Waals surface area (Å²) < 4.78 is 13.0. The summed E-state index contributed by atoms with van der Waals surface area (Å²) in [6, 6.07) is 12.4. The molecule has 3 heteroatoms. The number of nitriles is 1. The number of hydrogen-bond donors (Lipinski definition) is 0. The molecule has 0 radical (unpaired) electrons. The zero-order valence-corrected chi connectivity index (χ0v) is 11.0. The van der Waals surface area contributed by atoms with E-state index in [2.05, 4.69) is 19.9 Å². The number of nitrogens with zero attached hydrogens (tertiary/aromatic N) is 1. The van der Waals surface area contributed by atoms with Gasteiger partial charge in [-0.15, -0.1) is 0 Å². The van der Waals surface area contributed by atoms with E-state index in [1.54, 1.807) is 6.07 Å². The van der Waals surface area contributed by atoms with Crippen LogP contribution >= 0.6 is 11.8 Å². The van der Waals surface area contributed by atoms with E-state index >= 15 is 0 Å². The van der Waals surface area contributed by atoms with E-state index in [0.717, 1.165) is 9.79 Å². The highest BCUT2D eigenvalue weighted by Crippen LogP contribution is 2.31. The molecule has 2 rings (SSSR count). The summed E-state index contributed by atoms with van der Waals surface area (Å²) in [5, 5.41) is 8.99. The summed E-state index contributed by atoms with van der Waals surface area (Å²) in [7, 11) is 0. The Kier molecular flexibility index (Phi) is 3.69. The van der Waals surface area contributed by atoms with Crippen LogP contribution in [0.15, 0.2) is 46.2 Å². The number of rotatable bonds is 2. The molecule has 0 unspecified atom stereocenters. The van der Waals surface area contributed by atoms with Gasteiger partial charge in [-0.05, 0) is 55.3 Å². The van der Waals surface area contributed by atoms with Crippen LogP contribution in [0.3, 0.4) is 0 Å². The van der Waals surface area contributed by atoms with Gasteiger partial charge in [-0.25, -0.2) is 4.39 Å². The SMILES string of the molecule is Cc1ccc(Sc2ccc(F)cc2C#N)cc1C. The molecule has 2 aromatic rings. The van der Waals surface area contributed by atoms with Gasteiger partial charge in [-0.1, -0.05) is 17.8 Å². The molecule has 0 amide bonds. The van der Waals surface area contributed by atoms with Crippen molar-refractivity contribution in [3.8, 4) is 6.07 Å². The van der Waals surface area contributed by atoms with Crippen LogP contribution in [-0.4, -0.2) is 0 Å². The molecule has 0 heterocycles. The van der Waals surface area contributed by atoms with E-state index in [1.807, 2.05) is 18.2 Å². The fourth-order valence-electron chi connectivity index (χ4n) is 1.58. The molecule has 0 N–H and O–H groups in total. The summed E-state index contributed by atoms with van der Waals surface area (Å²) in [5.41, 5.74) is 2.82. The lowest BCUT2D eigenvalue weighted by Gasteiger charge is -2.06. The Morgan fingerprint density at radius 2 is 1.83 bits per heavy atom. The topological polar surface area (TPSA) is 23.8 Å². The van der Waals surface area contributed by atoms with Crippen molar-refractivity contribution in [2.24, 2.45) is 0 Å². The average Bonchev–Trinajstić information content (AvgIpc) is 2.36. The maximum Gasteiger partial charge on any atom is 0.124 e. The van der Waals surface area contributed by atoms with Crippen LogP contribution in [0.2, 0.25) is 0 Å². The molecule has 0 bridgehead atoms. The quantitative estimate of drug-likeness (QED) is 0.792. The molecule has 18 heavy (non-hydrogen) atoms. The van der Waals surface area contributed by atoms with Gasteiger partial charge in [0.15, 0.2) is 0 Å². The lowest BCUT2D eigenvalue weighted by molar-refractivity contribution is 0.626. The van der Waals surface area contributed by atoms with E-state index in [4.69, 9.17) is 5.26 Å². The molecular formula is C15H12FNS. The summed E-state index contributed by atoms with van der Waals surface area (Å²) in [5.74, 6) is -0.379. The third kappa shape index (κ3) is 2.72. The molecule has 0 saturated carbocycles. The molecule has 0 atom stereocenters. The molecular weight excluding hydrogens is 245 g/mol. The minimum absolute atomic E-state index is 0.373. The minimum atomic E-state index is -0.379. The van der Waals surface area contributed by atoms with Crippen molar-refractivity contribution in [1.82, 2.24) is 0 Å². The summed E-state index contributed by atoms with van der Waals surface area (Å²) in [6.45, 7) is 4.11. The molecule has 0 aliphatic carbocycles. The minimum Gasteiger partial charge on any atom is -0.207 e. The first-order chi connectivity index (χ1) is 8.60. The standard InChI is InChI=1S/C15H12FNS/c1-10-3-5-14(7-11(10)2)18-15-6-4-13(16)8-12(15)9-17/h3-8H,1-2H3. The Balaban J connectivity index is 2.34. The molecule has 0 aromatic heterocycles. The molecule has 1 nitrogen and oxygen atoms in total. The summed E-state index contributed by atoms with van der Waals surface area (Å²) in [6.07, 6.45) is 0. The first-order valence-corrected chi connectivity index (χ1v) is 6.36. The highest BCUT2D eigenvalue weighted by molar-refractivity contribution is 7.99. The fraction of sp³-hybridized carbons (Fsp3) is 0.133. The van der Waals surface area contributed by atoms with Crippen molar-refractivity contribution in [1.29, 1.82) is 5.26 Å². The lowest BCUT2D eigenvalue weighted by Crippen LogP contribution is -1.85. The predicted molar refractivity (Wildman–Crippen MR) is 71.2 cm³/mol. The molecule has 0 spiro atoms. The fourth-order valence-corrected chi connectivity index (χ4v) is 2.56. The van der Waals surface area contributed by atoms with Gasteiger partial charge >= 0.3 is 0 Å². The van der Waals surface area contributed by atoms with E-state index in [0.29, 0.717) is 5.56 Å². The first kappa shape index (κ1) is 12.7. The van der Waals surface area contributed by atoms with Crippen LogP contribution in [-0.2, 0) is 0 Å². The molecule has 0 fully saturated rings. The largest absolute Gasteiger partial charge is 0.207 e. The monoisotopic (exact) mass is 257 g/mol. The smallest absolute Gasteiger partial charge is 0.124 e. The average molecular weight is 257 g/mol. The Hall–Kier alpha value is -1.79. The van der Waals surface area contributed by atoms with Crippen molar-refractivity contribution in [2.75, 3.05) is 0 Å². The Morgan fingerprint density at radius 1 is 1.06 bits per heavy atom. The van der Waals surface area contributed by atoms with Gasteiger partial charge in [-0.2, -0.15) is 5.26 Å². The zero-order chi connectivity index (χ0) is 13.1. The van der Waals surface area contributed by atoms with Crippen molar-refractivity contribution in [2.45, 2.75) is 23.6 Å². The summed E-state index contributed by atoms with van der Waals surface area (Å²) in [4.78, 5) is 1.84. The Labute approximate surface area is 110 Å². The first-order valence-electron chi connectivity index (χ1n) is 5.55. The van der Waals surface area contributed by atoms with Crippen LogP contribution in [0.5, 0.6) is 0 Å². The summed E-state index contributed by atoms with van der Waals surface area (Å²) >= 11 is 1.48. The molecule has 0 aliphatic rings. The number of hydrogen-bond acceptors (Lipinski definition) is 2. The second kappa shape index (κ2) is 5.24. The van der Waals surface area contributed by atoms with Gasteiger partial charge in [0.2, 0.25) is 0 Å². The van der Waals surface area contributed by atoms with Gasteiger partial charge in [0.25, 0.3) is 0 Å². The van der Waals surface area contributed by atoms with Gasteiger partial charge in [0.05, 0.1) is 5.56 Å². The second-order valence-corrected chi connectivity index (χ2v) is 5.22. The lowest BCUT2D eigenvalue weighted by atomic mass is 10.1. The third-order valence-electron chi connectivity index (χ3n) is 2.77. The van der Waals surface area contributed by atoms with E-state index in [-0.39, 0.29) is 5.82 Å². The molecule has 0 saturated heterocycles. The van der Waals surface area contributed by atoms with Gasteiger partial charge in [0, 0.05) is 9.79 Å². The number of benzene rings is 2. The van der Waals surface area contributed by atoms with Gasteiger partial charge in [0.1, 0.15) is 11.9 Å². The van der Waals surface area contributed by atoms with Crippen LogP contribution in [0.25, 0.3) is 0 Å². The zero-order valence-electron chi connectivity index (χ0n) is 10.2. The van der Waals surface area contributed by atoms with Gasteiger partial charge in [-0.3, -0.25) is 0 Å². The van der Waals surface area contributed by atoms with Crippen LogP contribution in [0.4, 0.5) is 4.39 Å². The maximum atomic E-state index is 13.0. The number of aryl methyl sites for hydroxylation is 2. The van der Waals surface area contributed by atoms with E-state index < -0.39 is 0 Å². The molecule has 90 valence electrons. The van der Waals surface area contributed by atoms with Crippen molar-refractivity contribution in [3.05, 3.63) is 58.9 Å². The maximum absolute atomic E-state index is 13.0. The highest BCUT2D eigenvalue weighted by Gasteiger charge is 2.06. The molecule has 2 aromatic carbocycles. The third-order valence-corrected chi connectivity index (χ3v) is 3.83. The van der Waals surface area contributed by atoms with Gasteiger partial charge < -0.3 is 0 Å². The van der Waals surface area contributed by atoms with Crippen LogP contribution in [0, 0.1) is 31.0 Å². The molecule has 0 aliphatic heterocycles. The van der Waals surface area contributed by atoms with Crippen molar-refractivity contribution >= 4 is 11.8 Å². The second-order valence-electron chi connectivity index (χ2n) is 4.10. The van der Waals surface area contributed by atoms with E-state index in [9.17, 15) is 4.39 Å². The van der Waals surface area contributed by atoms with Crippen molar-refractivity contribution < 1.29 is 4.39 Å². The Bertz CT molecular complexity index is 629. The number of halogens is 1. The predicted octanol–water partition coefficient (Wildman–Crippen LogP) is 4.47. The van der Waals surface area contributed by atoms with Crippen molar-refractivity contribution in [3.63, 3.8) is 0 Å². The van der Waals surface area contributed by atoms with E-state index in [1.165, 1.54) is 35.0 Å². The van der Waals surface area contributed by atoms with Crippen LogP contribution in [0.1, 0.15) is 16.7 Å². The highest BCUT2D eigenvalue weighted by atomic mass is 32.2. The Morgan fingerprint density at radius 3 is 2.50 bits per heavy atom. The van der Waals surface area contributed by atoms with Crippen LogP contribution < -0.4 is 0 Å².